The minimum atomic E-state index is -1.03. The summed E-state index contributed by atoms with van der Waals surface area (Å²) in [5.74, 6) is 0. The summed E-state index contributed by atoms with van der Waals surface area (Å²) in [5, 5.41) is 0. The maximum Gasteiger partial charge on any atom is 0.119 e. The number of rotatable bonds is 2. The van der Waals surface area contributed by atoms with E-state index in [1.165, 1.54) is 19.4 Å². The van der Waals surface area contributed by atoms with Crippen LogP contribution in [-0.4, -0.2) is 33.1 Å². The van der Waals surface area contributed by atoms with Gasteiger partial charge in [-0.2, -0.15) is 0 Å². The third kappa shape index (κ3) is 2.67. The molecule has 1 unspecified atom stereocenters. The topological polar surface area (TPSA) is 3.24 Å². The van der Waals surface area contributed by atoms with E-state index in [4.69, 9.17) is 0 Å². The molecule has 1 nitrogen and oxygen atoms in total. The van der Waals surface area contributed by atoms with Gasteiger partial charge in [0.25, 0.3) is 0 Å². The molecular formula is C10H25NSi2. The lowest BCUT2D eigenvalue weighted by Crippen LogP contribution is -2.57. The molecular weight excluding hydrogens is 190 g/mol. The molecule has 78 valence electrons. The zero-order chi connectivity index (χ0) is 10.3. The molecule has 3 heteroatoms. The minimum Gasteiger partial charge on any atom is -0.324 e. The second kappa shape index (κ2) is 3.52. The Bertz CT molecular complexity index is 158. The lowest BCUT2D eigenvalue weighted by atomic mass is 10.4. The highest BCUT2D eigenvalue weighted by Gasteiger charge is 2.40. The van der Waals surface area contributed by atoms with Crippen molar-refractivity contribution in [1.82, 2.24) is 4.57 Å². The molecule has 1 fully saturated rings. The van der Waals surface area contributed by atoms with Crippen LogP contribution in [0.5, 0.6) is 0 Å². The van der Waals surface area contributed by atoms with Crippen molar-refractivity contribution in [3.8, 4) is 0 Å². The zero-order valence-electron chi connectivity index (χ0n) is 10.1. The van der Waals surface area contributed by atoms with Crippen molar-refractivity contribution in [3.63, 3.8) is 0 Å². The van der Waals surface area contributed by atoms with E-state index in [1.54, 1.807) is 0 Å². The molecule has 0 aromatic rings. The molecule has 0 aliphatic carbocycles. The highest BCUT2D eigenvalue weighted by atomic mass is 28.3. The average Bonchev–Trinajstić information content (AvgIpc) is 2.27. The lowest BCUT2D eigenvalue weighted by molar-refractivity contribution is 0.473. The van der Waals surface area contributed by atoms with Gasteiger partial charge in [0.2, 0.25) is 0 Å². The van der Waals surface area contributed by atoms with Crippen molar-refractivity contribution >= 4 is 16.3 Å². The fourth-order valence-corrected chi connectivity index (χ4v) is 8.82. The smallest absolute Gasteiger partial charge is 0.119 e. The van der Waals surface area contributed by atoms with Gasteiger partial charge in [-0.05, 0) is 25.1 Å². The Morgan fingerprint density at radius 2 is 1.54 bits per heavy atom. The fraction of sp³-hybridized carbons (Fsp3) is 1.00. The molecule has 0 aromatic heterocycles. The van der Waals surface area contributed by atoms with Crippen molar-refractivity contribution in [2.24, 2.45) is 0 Å². The van der Waals surface area contributed by atoms with Crippen LogP contribution in [0.4, 0.5) is 0 Å². The molecule has 0 bridgehead atoms. The monoisotopic (exact) mass is 215 g/mol. The van der Waals surface area contributed by atoms with E-state index < -0.39 is 16.3 Å². The summed E-state index contributed by atoms with van der Waals surface area (Å²) >= 11 is 0. The van der Waals surface area contributed by atoms with Crippen LogP contribution in [0.3, 0.4) is 0 Å². The van der Waals surface area contributed by atoms with Gasteiger partial charge in [0, 0.05) is 0 Å². The van der Waals surface area contributed by atoms with Gasteiger partial charge in [0.1, 0.15) is 8.24 Å². The van der Waals surface area contributed by atoms with Crippen LogP contribution in [0.25, 0.3) is 0 Å². The SMILES string of the molecule is C[Si](C)(C)C1CCCN1[Si](C)(C)C. The third-order valence-electron chi connectivity index (χ3n) is 3.11. The van der Waals surface area contributed by atoms with Gasteiger partial charge in [0.05, 0.1) is 8.07 Å². The number of hydrogen-bond acceptors (Lipinski definition) is 1. The standard InChI is InChI=1S/C10H25NSi2/c1-12(2,3)10-8-7-9-11(10)13(4,5)6/h10H,7-9H2,1-6H3. The van der Waals surface area contributed by atoms with E-state index in [2.05, 4.69) is 43.8 Å². The van der Waals surface area contributed by atoms with Gasteiger partial charge in [-0.25, -0.2) is 0 Å². The Hall–Kier alpha value is 0.394. The molecule has 1 saturated heterocycles. The summed E-state index contributed by atoms with van der Waals surface area (Å²) in [6, 6.07) is 0. The molecule has 1 atom stereocenters. The van der Waals surface area contributed by atoms with Gasteiger partial charge < -0.3 is 4.57 Å². The molecule has 1 aliphatic rings. The molecule has 1 rings (SSSR count). The van der Waals surface area contributed by atoms with Crippen molar-refractivity contribution in [3.05, 3.63) is 0 Å². The zero-order valence-corrected chi connectivity index (χ0v) is 12.1. The van der Waals surface area contributed by atoms with E-state index in [-0.39, 0.29) is 0 Å². The normalized spacial score (nSPS) is 26.8. The van der Waals surface area contributed by atoms with E-state index in [1.807, 2.05) is 0 Å². The summed E-state index contributed by atoms with van der Waals surface area (Å²) in [4.78, 5) is 0. The summed E-state index contributed by atoms with van der Waals surface area (Å²) in [6.07, 6.45) is 2.92. The van der Waals surface area contributed by atoms with Crippen LogP contribution >= 0.6 is 0 Å². The Morgan fingerprint density at radius 3 is 1.85 bits per heavy atom. The maximum absolute atomic E-state index is 2.87. The van der Waals surface area contributed by atoms with Crippen LogP contribution in [0, 0.1) is 0 Å². The van der Waals surface area contributed by atoms with Crippen molar-refractivity contribution in [1.29, 1.82) is 0 Å². The molecule has 0 aromatic carbocycles. The first-order valence-corrected chi connectivity index (χ1v) is 12.5. The Morgan fingerprint density at radius 1 is 1.00 bits per heavy atom. The van der Waals surface area contributed by atoms with Crippen LogP contribution < -0.4 is 0 Å². The maximum atomic E-state index is 2.87. The van der Waals surface area contributed by atoms with E-state index >= 15 is 0 Å². The molecule has 13 heavy (non-hydrogen) atoms. The van der Waals surface area contributed by atoms with E-state index in [0.717, 1.165) is 5.67 Å². The fourth-order valence-electron chi connectivity index (χ4n) is 2.47. The van der Waals surface area contributed by atoms with Crippen molar-refractivity contribution < 1.29 is 0 Å². The third-order valence-corrected chi connectivity index (χ3v) is 8.23. The molecule has 0 amide bonds. The Labute approximate surface area is 85.6 Å². The largest absolute Gasteiger partial charge is 0.324 e. The van der Waals surface area contributed by atoms with Crippen LogP contribution in [0.2, 0.25) is 39.3 Å². The Balaban J connectivity index is 2.76. The Kier molecular flexibility index (Phi) is 3.10. The summed E-state index contributed by atoms with van der Waals surface area (Å²) in [6.45, 7) is 16.4. The molecule has 1 aliphatic heterocycles. The quantitative estimate of drug-likeness (QED) is 0.640. The predicted molar refractivity (Wildman–Crippen MR) is 66.4 cm³/mol. The summed E-state index contributed by atoms with van der Waals surface area (Å²) < 4.78 is 2.87. The first kappa shape index (κ1) is 11.5. The van der Waals surface area contributed by atoms with Gasteiger partial charge >= 0.3 is 0 Å². The van der Waals surface area contributed by atoms with Gasteiger partial charge in [-0.3, -0.25) is 0 Å². The molecule has 1 heterocycles. The summed E-state index contributed by atoms with van der Waals surface area (Å²) in [7, 11) is -1.97. The first-order valence-electron chi connectivity index (χ1n) is 5.49. The van der Waals surface area contributed by atoms with Crippen LogP contribution in [0.1, 0.15) is 12.8 Å². The van der Waals surface area contributed by atoms with Crippen molar-refractivity contribution in [2.75, 3.05) is 6.54 Å². The minimum absolute atomic E-state index is 0.936. The highest BCUT2D eigenvalue weighted by molar-refractivity contribution is 6.81. The average molecular weight is 215 g/mol. The first-order chi connectivity index (χ1) is 5.73. The highest BCUT2D eigenvalue weighted by Crippen LogP contribution is 2.30. The van der Waals surface area contributed by atoms with E-state index in [9.17, 15) is 0 Å². The van der Waals surface area contributed by atoms with Gasteiger partial charge in [0.15, 0.2) is 0 Å². The predicted octanol–water partition coefficient (Wildman–Crippen LogP) is 3.16. The molecule has 0 saturated carbocycles. The second-order valence-corrected chi connectivity index (χ2v) is 16.7. The van der Waals surface area contributed by atoms with Gasteiger partial charge in [-0.1, -0.05) is 39.3 Å². The molecule has 0 N–H and O–H groups in total. The lowest BCUT2D eigenvalue weighted by Gasteiger charge is -2.41. The van der Waals surface area contributed by atoms with Crippen LogP contribution in [-0.2, 0) is 0 Å². The van der Waals surface area contributed by atoms with Crippen LogP contribution in [0.15, 0.2) is 0 Å². The number of nitrogens with zero attached hydrogens (tertiary/aromatic N) is 1. The van der Waals surface area contributed by atoms with E-state index in [0.29, 0.717) is 0 Å². The second-order valence-electron chi connectivity index (χ2n) is 6.39. The van der Waals surface area contributed by atoms with Gasteiger partial charge in [-0.15, -0.1) is 0 Å². The van der Waals surface area contributed by atoms with Crippen molar-refractivity contribution in [2.45, 2.75) is 57.8 Å². The molecule has 0 radical (unpaired) electrons. The number of hydrogen-bond donors (Lipinski definition) is 0. The summed E-state index contributed by atoms with van der Waals surface area (Å²) in [5.41, 5.74) is 0.971. The molecule has 0 spiro atoms.